The van der Waals surface area contributed by atoms with E-state index in [1.54, 1.807) is 25.1 Å². The Labute approximate surface area is 107 Å². The molecular formula is C11H17N3O3S. The van der Waals surface area contributed by atoms with E-state index < -0.39 is 16.1 Å². The molecule has 100 valence electrons. The molecule has 6 nitrogen and oxygen atoms in total. The number of nitrogens with one attached hydrogen (secondary N) is 2. The van der Waals surface area contributed by atoms with Crippen molar-refractivity contribution in [3.63, 3.8) is 0 Å². The van der Waals surface area contributed by atoms with Crippen molar-refractivity contribution >= 4 is 21.6 Å². The van der Waals surface area contributed by atoms with Crippen LogP contribution < -0.4 is 15.8 Å². The zero-order valence-corrected chi connectivity index (χ0v) is 11.1. The van der Waals surface area contributed by atoms with E-state index in [-0.39, 0.29) is 10.8 Å². The normalized spacial score (nSPS) is 12.8. The molecule has 0 aliphatic rings. The minimum atomic E-state index is -3.81. The number of likely N-dealkylation sites (N-methyl/N-ethyl adjacent to an activating group) is 1. The lowest BCUT2D eigenvalue weighted by Gasteiger charge is -2.16. The number of anilines is 1. The highest BCUT2D eigenvalue weighted by Crippen LogP contribution is 2.19. The number of hydrogen-bond acceptors (Lipinski definition) is 4. The van der Waals surface area contributed by atoms with Gasteiger partial charge in [-0.2, -0.15) is 0 Å². The van der Waals surface area contributed by atoms with Gasteiger partial charge in [0.05, 0.1) is 5.69 Å². The maximum Gasteiger partial charge on any atom is 0.242 e. The van der Waals surface area contributed by atoms with Crippen LogP contribution in [0.1, 0.15) is 13.8 Å². The standard InChI is InChI=1S/C11H17N3O3S/c1-3-13-11(15)8(2)14-9-6-4-5-7-10(9)18(12,16)17/h4-8,14H,3H2,1-2H3,(H,13,15)(H2,12,16,17). The summed E-state index contributed by atoms with van der Waals surface area (Å²) in [6.07, 6.45) is 0. The van der Waals surface area contributed by atoms with Crippen molar-refractivity contribution in [2.24, 2.45) is 5.14 Å². The fraction of sp³-hybridized carbons (Fsp3) is 0.364. The third-order valence-electron chi connectivity index (χ3n) is 2.31. The summed E-state index contributed by atoms with van der Waals surface area (Å²) >= 11 is 0. The molecule has 1 atom stereocenters. The maximum atomic E-state index is 11.6. The van der Waals surface area contributed by atoms with Crippen molar-refractivity contribution in [2.45, 2.75) is 24.8 Å². The number of carbonyl (C=O) groups is 1. The third-order valence-corrected chi connectivity index (χ3v) is 3.28. The number of sulfonamides is 1. The Hall–Kier alpha value is -1.60. The van der Waals surface area contributed by atoms with E-state index in [1.165, 1.54) is 6.07 Å². The van der Waals surface area contributed by atoms with Crippen molar-refractivity contribution in [1.29, 1.82) is 0 Å². The predicted molar refractivity (Wildman–Crippen MR) is 69.6 cm³/mol. The highest BCUT2D eigenvalue weighted by molar-refractivity contribution is 7.89. The first-order chi connectivity index (χ1) is 8.36. The Morgan fingerprint density at radius 2 is 2.00 bits per heavy atom. The second-order valence-electron chi connectivity index (χ2n) is 3.80. The van der Waals surface area contributed by atoms with Crippen LogP contribution in [0.4, 0.5) is 5.69 Å². The van der Waals surface area contributed by atoms with Gasteiger partial charge >= 0.3 is 0 Å². The second-order valence-corrected chi connectivity index (χ2v) is 5.33. The lowest BCUT2D eigenvalue weighted by Crippen LogP contribution is -2.37. The average Bonchev–Trinajstić information content (AvgIpc) is 2.28. The number of rotatable bonds is 5. The second kappa shape index (κ2) is 5.83. The molecule has 1 aromatic carbocycles. The van der Waals surface area contributed by atoms with Crippen LogP contribution in [0.2, 0.25) is 0 Å². The molecule has 0 heterocycles. The first-order valence-corrected chi connectivity index (χ1v) is 7.07. The van der Waals surface area contributed by atoms with Gasteiger partial charge in [0.1, 0.15) is 10.9 Å². The van der Waals surface area contributed by atoms with E-state index in [4.69, 9.17) is 5.14 Å². The summed E-state index contributed by atoms with van der Waals surface area (Å²) in [6, 6.07) is 5.65. The van der Waals surface area contributed by atoms with Crippen molar-refractivity contribution in [3.8, 4) is 0 Å². The van der Waals surface area contributed by atoms with Crippen molar-refractivity contribution in [1.82, 2.24) is 5.32 Å². The van der Waals surface area contributed by atoms with Crippen molar-refractivity contribution in [3.05, 3.63) is 24.3 Å². The summed E-state index contributed by atoms with van der Waals surface area (Å²) in [5, 5.41) is 10.6. The van der Waals surface area contributed by atoms with Gasteiger partial charge in [0, 0.05) is 6.54 Å². The SMILES string of the molecule is CCNC(=O)C(C)Nc1ccccc1S(N)(=O)=O. The molecule has 0 saturated carbocycles. The van der Waals surface area contributed by atoms with Crippen LogP contribution in [-0.4, -0.2) is 26.9 Å². The van der Waals surface area contributed by atoms with Gasteiger partial charge in [0.2, 0.25) is 15.9 Å². The van der Waals surface area contributed by atoms with Gasteiger partial charge < -0.3 is 10.6 Å². The number of hydrogen-bond donors (Lipinski definition) is 3. The molecular weight excluding hydrogens is 254 g/mol. The highest BCUT2D eigenvalue weighted by Gasteiger charge is 2.17. The van der Waals surface area contributed by atoms with Gasteiger partial charge in [-0.05, 0) is 26.0 Å². The highest BCUT2D eigenvalue weighted by atomic mass is 32.2. The minimum Gasteiger partial charge on any atom is -0.373 e. The average molecular weight is 271 g/mol. The maximum absolute atomic E-state index is 11.6. The smallest absolute Gasteiger partial charge is 0.242 e. The van der Waals surface area contributed by atoms with Gasteiger partial charge in [-0.3, -0.25) is 4.79 Å². The number of amides is 1. The van der Waals surface area contributed by atoms with Crippen LogP contribution in [0.25, 0.3) is 0 Å². The Kier molecular flexibility index (Phi) is 4.69. The van der Waals surface area contributed by atoms with Crippen molar-refractivity contribution in [2.75, 3.05) is 11.9 Å². The molecule has 0 aromatic heterocycles. The van der Waals surface area contributed by atoms with Crippen LogP contribution in [0.5, 0.6) is 0 Å². The topological polar surface area (TPSA) is 101 Å². The zero-order valence-electron chi connectivity index (χ0n) is 10.3. The van der Waals surface area contributed by atoms with Crippen molar-refractivity contribution < 1.29 is 13.2 Å². The lowest BCUT2D eigenvalue weighted by atomic mass is 10.2. The first kappa shape index (κ1) is 14.5. The monoisotopic (exact) mass is 271 g/mol. The number of carbonyl (C=O) groups excluding carboxylic acids is 1. The van der Waals surface area contributed by atoms with Crippen LogP contribution in [0.15, 0.2) is 29.2 Å². The fourth-order valence-corrected chi connectivity index (χ4v) is 2.16. The molecule has 4 N–H and O–H groups in total. The summed E-state index contributed by atoms with van der Waals surface area (Å²) in [6.45, 7) is 3.97. The Morgan fingerprint density at radius 3 is 2.56 bits per heavy atom. The number of para-hydroxylation sites is 1. The van der Waals surface area contributed by atoms with E-state index >= 15 is 0 Å². The molecule has 1 amide bonds. The molecule has 0 aliphatic carbocycles. The lowest BCUT2D eigenvalue weighted by molar-refractivity contribution is -0.121. The number of nitrogens with two attached hydrogens (primary N) is 1. The molecule has 18 heavy (non-hydrogen) atoms. The zero-order chi connectivity index (χ0) is 13.8. The van der Waals surface area contributed by atoms with E-state index in [2.05, 4.69) is 10.6 Å². The predicted octanol–water partition coefficient (Wildman–Crippen LogP) is 0.271. The first-order valence-electron chi connectivity index (χ1n) is 5.52. The van der Waals surface area contributed by atoms with E-state index in [0.29, 0.717) is 12.2 Å². The van der Waals surface area contributed by atoms with Gasteiger partial charge in [-0.25, -0.2) is 13.6 Å². The van der Waals surface area contributed by atoms with Crippen LogP contribution in [0, 0.1) is 0 Å². The largest absolute Gasteiger partial charge is 0.373 e. The molecule has 7 heteroatoms. The molecule has 0 saturated heterocycles. The quantitative estimate of drug-likeness (QED) is 0.715. The Bertz CT molecular complexity index is 528. The summed E-state index contributed by atoms with van der Waals surface area (Å²) in [7, 11) is -3.81. The molecule has 1 unspecified atom stereocenters. The summed E-state index contributed by atoms with van der Waals surface area (Å²) < 4.78 is 22.7. The number of primary sulfonamides is 1. The summed E-state index contributed by atoms with van der Waals surface area (Å²) in [5.74, 6) is -0.207. The van der Waals surface area contributed by atoms with Crippen LogP contribution >= 0.6 is 0 Å². The van der Waals surface area contributed by atoms with Crippen LogP contribution in [-0.2, 0) is 14.8 Å². The molecule has 0 spiro atoms. The molecule has 1 aromatic rings. The van der Waals surface area contributed by atoms with E-state index in [1.807, 2.05) is 6.92 Å². The molecule has 0 aliphatic heterocycles. The van der Waals surface area contributed by atoms with Crippen LogP contribution in [0.3, 0.4) is 0 Å². The minimum absolute atomic E-state index is 0.0267. The summed E-state index contributed by atoms with van der Waals surface area (Å²) in [4.78, 5) is 11.5. The molecule has 0 bridgehead atoms. The Morgan fingerprint density at radius 1 is 1.39 bits per heavy atom. The molecule has 1 rings (SSSR count). The fourth-order valence-electron chi connectivity index (χ4n) is 1.46. The van der Waals surface area contributed by atoms with Gasteiger partial charge in [-0.15, -0.1) is 0 Å². The molecule has 0 fully saturated rings. The Balaban J connectivity index is 2.95. The molecule has 0 radical (unpaired) electrons. The number of benzene rings is 1. The van der Waals surface area contributed by atoms with Gasteiger partial charge in [-0.1, -0.05) is 12.1 Å². The van der Waals surface area contributed by atoms with Gasteiger partial charge in [0.15, 0.2) is 0 Å². The third kappa shape index (κ3) is 3.71. The van der Waals surface area contributed by atoms with E-state index in [9.17, 15) is 13.2 Å². The van der Waals surface area contributed by atoms with E-state index in [0.717, 1.165) is 0 Å². The van der Waals surface area contributed by atoms with Gasteiger partial charge in [0.25, 0.3) is 0 Å². The summed E-state index contributed by atoms with van der Waals surface area (Å²) in [5.41, 5.74) is 0.318.